The van der Waals surface area contributed by atoms with Gasteiger partial charge < -0.3 is 15.7 Å². The average molecular weight is 808 g/mol. The fourth-order valence-corrected chi connectivity index (χ4v) is 6.57. The summed E-state index contributed by atoms with van der Waals surface area (Å²) in [6, 6.07) is 0. The Bertz CT molecular complexity index is 464. The standard InChI is InChI=1S/2C20H42N.C8H18O.ClH.Ti/c2*1-3-5-7-9-11-13-15-17-19-21-20-18-16-14-12-10-8-6-4-2;1-3-5-6-8(4-2)7-9;;/h2*3-20H2,1-2H3;8-9H,3-7H2,1-2H3;1H;/q2*-1;;;+2. The van der Waals surface area contributed by atoms with Crippen molar-refractivity contribution in [1.82, 2.24) is 0 Å². The van der Waals surface area contributed by atoms with Gasteiger partial charge in [0.25, 0.3) is 0 Å². The maximum Gasteiger partial charge on any atom is 2.00 e. The van der Waals surface area contributed by atoms with Gasteiger partial charge in [-0.3, -0.25) is 0 Å². The first kappa shape index (κ1) is 63.1. The van der Waals surface area contributed by atoms with E-state index >= 15 is 0 Å². The van der Waals surface area contributed by atoms with Gasteiger partial charge in [0.05, 0.1) is 0 Å². The van der Waals surface area contributed by atoms with Gasteiger partial charge in [-0.05, 0) is 12.3 Å². The summed E-state index contributed by atoms with van der Waals surface area (Å²) in [5.41, 5.74) is 0. The molecule has 0 spiro atoms. The van der Waals surface area contributed by atoms with Crippen LogP contribution in [0.3, 0.4) is 0 Å². The molecular formula is C48H103ClN2OTi. The SMILES string of the molecule is CCCCC(CC)CO.CCCCCCCCCC[N-]CCCCCCCCCC.CCCCCCCCCC[N-]CCCCCCCCCC.Cl.[Ti+2]. The number of halogens is 1. The Hall–Kier alpha value is 0.884. The molecule has 0 rings (SSSR count). The summed E-state index contributed by atoms with van der Waals surface area (Å²) in [7, 11) is 0. The van der Waals surface area contributed by atoms with E-state index in [1.165, 1.54) is 225 Å². The van der Waals surface area contributed by atoms with E-state index in [1.54, 1.807) is 0 Å². The Morgan fingerprint density at radius 3 is 0.717 bits per heavy atom. The van der Waals surface area contributed by atoms with Crippen LogP contribution in [0.25, 0.3) is 10.6 Å². The summed E-state index contributed by atoms with van der Waals surface area (Å²) in [6.45, 7) is 18.3. The molecule has 0 bridgehead atoms. The zero-order valence-corrected chi connectivity index (χ0v) is 40.2. The molecule has 322 valence electrons. The molecule has 0 aromatic carbocycles. The van der Waals surface area contributed by atoms with Crippen LogP contribution in [0.5, 0.6) is 0 Å². The number of nitrogens with zero attached hydrogens (tertiary/aromatic N) is 2. The van der Waals surface area contributed by atoms with Crippen molar-refractivity contribution in [3.8, 4) is 0 Å². The number of aliphatic hydroxyl groups is 1. The molecule has 0 saturated carbocycles. The predicted molar refractivity (Wildman–Crippen MR) is 244 cm³/mol. The minimum atomic E-state index is 0. The second-order valence-corrected chi connectivity index (χ2v) is 15.8. The molecule has 0 radical (unpaired) electrons. The van der Waals surface area contributed by atoms with E-state index in [4.69, 9.17) is 5.11 Å². The fourth-order valence-electron chi connectivity index (χ4n) is 6.57. The third kappa shape index (κ3) is 68.0. The second kappa shape index (κ2) is 64.8. The van der Waals surface area contributed by atoms with Crippen LogP contribution in [0.2, 0.25) is 0 Å². The molecule has 0 amide bonds. The number of unbranched alkanes of at least 4 members (excludes halogenated alkanes) is 29. The number of rotatable bonds is 41. The third-order valence-corrected chi connectivity index (χ3v) is 10.5. The van der Waals surface area contributed by atoms with E-state index in [1.807, 2.05) is 0 Å². The number of aliphatic hydroxyl groups excluding tert-OH is 1. The largest absolute Gasteiger partial charge is 2.00 e. The van der Waals surface area contributed by atoms with Crippen molar-refractivity contribution in [2.45, 2.75) is 273 Å². The van der Waals surface area contributed by atoms with Gasteiger partial charge in [-0.2, -0.15) is 0 Å². The van der Waals surface area contributed by atoms with Gasteiger partial charge in [-0.25, -0.2) is 0 Å². The molecule has 0 aromatic heterocycles. The molecule has 0 heterocycles. The Labute approximate surface area is 359 Å². The first-order valence-corrected chi connectivity index (χ1v) is 24.0. The van der Waals surface area contributed by atoms with Gasteiger partial charge >= 0.3 is 21.7 Å². The van der Waals surface area contributed by atoms with E-state index < -0.39 is 0 Å². The van der Waals surface area contributed by atoms with E-state index in [-0.39, 0.29) is 34.1 Å². The molecule has 0 aromatic rings. The average Bonchev–Trinajstić information content (AvgIpc) is 3.15. The summed E-state index contributed by atoms with van der Waals surface area (Å²) in [5.74, 6) is 0.560. The quantitative estimate of drug-likeness (QED) is 0.0485. The van der Waals surface area contributed by atoms with Crippen LogP contribution in [-0.2, 0) is 21.7 Å². The molecule has 0 aliphatic carbocycles. The molecule has 53 heavy (non-hydrogen) atoms. The summed E-state index contributed by atoms with van der Waals surface area (Å²) in [4.78, 5) is 0. The van der Waals surface area contributed by atoms with Gasteiger partial charge in [0, 0.05) is 6.61 Å². The monoisotopic (exact) mass is 807 g/mol. The summed E-state index contributed by atoms with van der Waals surface area (Å²) < 4.78 is 0. The molecule has 0 saturated heterocycles. The minimum Gasteiger partial charge on any atom is -0.662 e. The maximum absolute atomic E-state index is 8.75. The molecule has 1 unspecified atom stereocenters. The molecule has 1 atom stereocenters. The molecule has 5 heteroatoms. The van der Waals surface area contributed by atoms with Gasteiger partial charge in [0.1, 0.15) is 0 Å². The van der Waals surface area contributed by atoms with Crippen LogP contribution < -0.4 is 0 Å². The topological polar surface area (TPSA) is 48.4 Å². The molecule has 0 aliphatic heterocycles. The van der Waals surface area contributed by atoms with Crippen molar-refractivity contribution in [2.24, 2.45) is 5.92 Å². The van der Waals surface area contributed by atoms with Crippen LogP contribution in [-0.4, -0.2) is 37.9 Å². The van der Waals surface area contributed by atoms with Crippen LogP contribution in [0.1, 0.15) is 273 Å². The zero-order chi connectivity index (χ0) is 38.0. The summed E-state index contributed by atoms with van der Waals surface area (Å²) >= 11 is 0. The molecule has 0 aliphatic rings. The summed E-state index contributed by atoms with van der Waals surface area (Å²) in [6.07, 6.45) is 49.9. The van der Waals surface area contributed by atoms with E-state index in [0.29, 0.717) is 12.5 Å². The Kier molecular flexibility index (Phi) is 77.1. The maximum atomic E-state index is 8.75. The smallest absolute Gasteiger partial charge is 0.662 e. The van der Waals surface area contributed by atoms with Crippen LogP contribution in [0.4, 0.5) is 0 Å². The first-order valence-electron chi connectivity index (χ1n) is 24.0. The fraction of sp³-hybridized carbons (Fsp3) is 1.00. The Morgan fingerprint density at radius 1 is 0.321 bits per heavy atom. The number of hydrogen-bond acceptors (Lipinski definition) is 1. The van der Waals surface area contributed by atoms with E-state index in [9.17, 15) is 0 Å². The van der Waals surface area contributed by atoms with Crippen LogP contribution in [0, 0.1) is 5.92 Å². The number of hydrogen-bond donors (Lipinski definition) is 1. The normalized spacial score (nSPS) is 11.2. The van der Waals surface area contributed by atoms with Crippen molar-refractivity contribution >= 4 is 12.4 Å². The predicted octanol–water partition coefficient (Wildman–Crippen LogP) is 17.9. The molecule has 3 nitrogen and oxygen atoms in total. The van der Waals surface area contributed by atoms with Gasteiger partial charge in [-0.15, -0.1) is 38.6 Å². The Morgan fingerprint density at radius 2 is 0.528 bits per heavy atom. The molecular weight excluding hydrogens is 704 g/mol. The third-order valence-electron chi connectivity index (χ3n) is 10.5. The minimum absolute atomic E-state index is 0. The van der Waals surface area contributed by atoms with Crippen LogP contribution in [0.15, 0.2) is 0 Å². The Balaban J connectivity index is -0.000000229. The van der Waals surface area contributed by atoms with Crippen molar-refractivity contribution in [1.29, 1.82) is 0 Å². The molecule has 1 N–H and O–H groups in total. The second-order valence-electron chi connectivity index (χ2n) is 15.8. The van der Waals surface area contributed by atoms with E-state index in [0.717, 1.165) is 32.6 Å². The zero-order valence-electron chi connectivity index (χ0n) is 37.8. The summed E-state index contributed by atoms with van der Waals surface area (Å²) in [5, 5.41) is 18.1. The van der Waals surface area contributed by atoms with E-state index in [2.05, 4.69) is 52.2 Å². The van der Waals surface area contributed by atoms with Crippen molar-refractivity contribution in [2.75, 3.05) is 32.8 Å². The van der Waals surface area contributed by atoms with Gasteiger partial charge in [0.15, 0.2) is 0 Å². The van der Waals surface area contributed by atoms with Gasteiger partial charge in [-0.1, -0.05) is 266 Å². The van der Waals surface area contributed by atoms with Gasteiger partial charge in [0.2, 0.25) is 0 Å². The first-order chi connectivity index (χ1) is 25.2. The van der Waals surface area contributed by atoms with Crippen molar-refractivity contribution in [3.05, 3.63) is 10.6 Å². The van der Waals surface area contributed by atoms with Crippen molar-refractivity contribution < 1.29 is 26.8 Å². The molecule has 0 fully saturated rings. The van der Waals surface area contributed by atoms with Crippen molar-refractivity contribution in [3.63, 3.8) is 0 Å². The van der Waals surface area contributed by atoms with Crippen LogP contribution >= 0.6 is 12.4 Å².